The molecule has 1 amide bonds. The van der Waals surface area contributed by atoms with Crippen LogP contribution in [0.4, 0.5) is 5.13 Å². The highest BCUT2D eigenvalue weighted by atomic mass is 32.1. The molecule has 4 nitrogen and oxygen atoms in total. The van der Waals surface area contributed by atoms with Gasteiger partial charge in [-0.05, 0) is 42.8 Å². The third-order valence-electron chi connectivity index (χ3n) is 3.63. The molecule has 24 heavy (non-hydrogen) atoms. The molecule has 3 rings (SSSR count). The van der Waals surface area contributed by atoms with Crippen molar-refractivity contribution in [3.63, 3.8) is 0 Å². The molecule has 122 valence electrons. The lowest BCUT2D eigenvalue weighted by Crippen LogP contribution is -2.28. The third-order valence-corrected chi connectivity index (χ3v) is 4.69. The predicted molar refractivity (Wildman–Crippen MR) is 99.7 cm³/mol. The minimum absolute atomic E-state index is 0.0765. The first-order valence-electron chi connectivity index (χ1n) is 7.70. The topological polar surface area (TPSA) is 42.4 Å². The summed E-state index contributed by atoms with van der Waals surface area (Å²) in [5.41, 5.74) is 1.87. The van der Waals surface area contributed by atoms with Gasteiger partial charge in [-0.25, -0.2) is 4.98 Å². The molecule has 1 heterocycles. The van der Waals surface area contributed by atoms with E-state index < -0.39 is 0 Å². The van der Waals surface area contributed by atoms with Crippen LogP contribution in [0.25, 0.3) is 16.3 Å². The number of hydrogen-bond donors (Lipinski definition) is 0. The van der Waals surface area contributed by atoms with Gasteiger partial charge in [-0.3, -0.25) is 9.69 Å². The van der Waals surface area contributed by atoms with E-state index in [9.17, 15) is 4.79 Å². The Morgan fingerprint density at radius 1 is 1.21 bits per heavy atom. The molecule has 0 spiro atoms. The van der Waals surface area contributed by atoms with E-state index in [1.165, 1.54) is 11.3 Å². The fraction of sp³-hybridized carbons (Fsp3) is 0.158. The molecule has 0 aliphatic rings. The molecular formula is C19H18N2O2S. The Hall–Kier alpha value is -2.66. The van der Waals surface area contributed by atoms with Crippen LogP contribution in [-0.4, -0.2) is 24.5 Å². The standard InChI is InChI=1S/C19H18N2O2S/c1-3-21(19-20-16-6-4-5-7-17(16)24-19)18(22)13-10-14-8-11-15(23-2)12-9-14/h4-13H,3H2,1-2H3/b13-10+. The number of anilines is 1. The monoisotopic (exact) mass is 338 g/mol. The van der Waals surface area contributed by atoms with Crippen LogP contribution in [-0.2, 0) is 4.79 Å². The fourth-order valence-electron chi connectivity index (χ4n) is 2.33. The average molecular weight is 338 g/mol. The van der Waals surface area contributed by atoms with E-state index in [2.05, 4.69) is 4.98 Å². The smallest absolute Gasteiger partial charge is 0.252 e. The molecule has 0 saturated carbocycles. The van der Waals surface area contributed by atoms with Crippen molar-refractivity contribution in [2.24, 2.45) is 0 Å². The third kappa shape index (κ3) is 3.46. The first-order chi connectivity index (χ1) is 11.7. The van der Waals surface area contributed by atoms with Gasteiger partial charge >= 0.3 is 0 Å². The summed E-state index contributed by atoms with van der Waals surface area (Å²) in [7, 11) is 1.63. The summed E-state index contributed by atoms with van der Waals surface area (Å²) in [5, 5.41) is 0.725. The molecule has 5 heteroatoms. The summed E-state index contributed by atoms with van der Waals surface area (Å²) in [6.45, 7) is 2.52. The molecule has 0 fully saturated rings. The Morgan fingerprint density at radius 2 is 1.96 bits per heavy atom. The van der Waals surface area contributed by atoms with Gasteiger partial charge in [-0.1, -0.05) is 35.6 Å². The Labute approximate surface area is 145 Å². The van der Waals surface area contributed by atoms with E-state index in [4.69, 9.17) is 4.74 Å². The Balaban J connectivity index is 1.79. The molecule has 1 aromatic heterocycles. The van der Waals surface area contributed by atoms with Crippen molar-refractivity contribution in [3.8, 4) is 5.75 Å². The van der Waals surface area contributed by atoms with Crippen molar-refractivity contribution in [1.29, 1.82) is 0 Å². The molecule has 0 saturated heterocycles. The molecule has 0 aliphatic heterocycles. The Kier molecular flexibility index (Phi) is 4.91. The van der Waals surface area contributed by atoms with E-state index >= 15 is 0 Å². The highest BCUT2D eigenvalue weighted by Gasteiger charge is 2.15. The number of amides is 1. The molecule has 2 aromatic carbocycles. The summed E-state index contributed by atoms with van der Waals surface area (Å²) in [6.07, 6.45) is 3.38. The number of benzene rings is 2. The number of para-hydroxylation sites is 1. The van der Waals surface area contributed by atoms with E-state index in [1.54, 1.807) is 24.2 Å². The lowest BCUT2D eigenvalue weighted by molar-refractivity contribution is -0.114. The van der Waals surface area contributed by atoms with Gasteiger partial charge in [0.15, 0.2) is 5.13 Å². The van der Waals surface area contributed by atoms with E-state index in [1.807, 2.05) is 55.5 Å². The zero-order chi connectivity index (χ0) is 16.9. The van der Waals surface area contributed by atoms with Crippen molar-refractivity contribution in [1.82, 2.24) is 4.98 Å². The predicted octanol–water partition coefficient (Wildman–Crippen LogP) is 4.37. The maximum absolute atomic E-state index is 12.5. The average Bonchev–Trinajstić information content (AvgIpc) is 3.04. The zero-order valence-corrected chi connectivity index (χ0v) is 14.4. The van der Waals surface area contributed by atoms with Crippen LogP contribution in [0.5, 0.6) is 5.75 Å². The van der Waals surface area contributed by atoms with Crippen molar-refractivity contribution < 1.29 is 9.53 Å². The second-order valence-corrected chi connectivity index (χ2v) is 6.16. The Morgan fingerprint density at radius 3 is 2.62 bits per heavy atom. The molecule has 3 aromatic rings. The maximum Gasteiger partial charge on any atom is 0.252 e. The van der Waals surface area contributed by atoms with Gasteiger partial charge in [0.25, 0.3) is 5.91 Å². The fourth-order valence-corrected chi connectivity index (χ4v) is 3.37. The number of methoxy groups -OCH3 is 1. The van der Waals surface area contributed by atoms with Crippen molar-refractivity contribution >= 4 is 38.7 Å². The molecule has 0 N–H and O–H groups in total. The number of fused-ring (bicyclic) bond motifs is 1. The quantitative estimate of drug-likeness (QED) is 0.649. The van der Waals surface area contributed by atoms with E-state index in [0.717, 1.165) is 26.7 Å². The number of carbonyl (C=O) groups is 1. The zero-order valence-electron chi connectivity index (χ0n) is 13.6. The number of aromatic nitrogens is 1. The van der Waals surface area contributed by atoms with Gasteiger partial charge in [-0.15, -0.1) is 0 Å². The van der Waals surface area contributed by atoms with E-state index in [0.29, 0.717) is 6.54 Å². The van der Waals surface area contributed by atoms with Gasteiger partial charge in [0.1, 0.15) is 5.75 Å². The van der Waals surface area contributed by atoms with Crippen molar-refractivity contribution in [2.75, 3.05) is 18.6 Å². The van der Waals surface area contributed by atoms with E-state index in [-0.39, 0.29) is 5.91 Å². The largest absolute Gasteiger partial charge is 0.497 e. The van der Waals surface area contributed by atoms with Crippen LogP contribution < -0.4 is 9.64 Å². The molecular weight excluding hydrogens is 320 g/mol. The lowest BCUT2D eigenvalue weighted by atomic mass is 10.2. The van der Waals surface area contributed by atoms with Gasteiger partial charge in [-0.2, -0.15) is 0 Å². The van der Waals surface area contributed by atoms with Crippen molar-refractivity contribution in [3.05, 3.63) is 60.2 Å². The molecule has 0 atom stereocenters. The summed E-state index contributed by atoms with van der Waals surface area (Å²) in [5.74, 6) is 0.718. The van der Waals surface area contributed by atoms with Gasteiger partial charge in [0.2, 0.25) is 0 Å². The first kappa shape index (κ1) is 16.2. The minimum Gasteiger partial charge on any atom is -0.497 e. The first-order valence-corrected chi connectivity index (χ1v) is 8.52. The highest BCUT2D eigenvalue weighted by molar-refractivity contribution is 7.22. The highest BCUT2D eigenvalue weighted by Crippen LogP contribution is 2.28. The van der Waals surface area contributed by atoms with Crippen LogP contribution >= 0.6 is 11.3 Å². The van der Waals surface area contributed by atoms with Gasteiger partial charge in [0.05, 0.1) is 17.3 Å². The number of hydrogen-bond acceptors (Lipinski definition) is 4. The molecule has 0 radical (unpaired) electrons. The van der Waals surface area contributed by atoms with Crippen LogP contribution in [0, 0.1) is 0 Å². The van der Waals surface area contributed by atoms with Crippen LogP contribution in [0.15, 0.2) is 54.6 Å². The summed E-state index contributed by atoms with van der Waals surface area (Å²) >= 11 is 1.53. The number of carbonyl (C=O) groups excluding carboxylic acids is 1. The van der Waals surface area contributed by atoms with Gasteiger partial charge in [0, 0.05) is 12.6 Å². The summed E-state index contributed by atoms with van der Waals surface area (Å²) in [6, 6.07) is 15.5. The lowest BCUT2D eigenvalue weighted by Gasteiger charge is -2.15. The summed E-state index contributed by atoms with van der Waals surface area (Å²) < 4.78 is 6.21. The maximum atomic E-state index is 12.5. The summed E-state index contributed by atoms with van der Waals surface area (Å²) in [4.78, 5) is 18.8. The molecule has 0 bridgehead atoms. The number of rotatable bonds is 5. The number of likely N-dealkylation sites (N-methyl/N-ethyl adjacent to an activating group) is 1. The molecule has 0 aliphatic carbocycles. The number of nitrogens with zero attached hydrogens (tertiary/aromatic N) is 2. The van der Waals surface area contributed by atoms with Crippen molar-refractivity contribution in [2.45, 2.75) is 6.92 Å². The Bertz CT molecular complexity index is 835. The van der Waals surface area contributed by atoms with Gasteiger partial charge < -0.3 is 4.74 Å². The molecule has 0 unspecified atom stereocenters. The SMILES string of the molecule is CCN(C(=O)/C=C/c1ccc(OC)cc1)c1nc2ccccc2s1. The van der Waals surface area contributed by atoms with Crippen LogP contribution in [0.2, 0.25) is 0 Å². The second kappa shape index (κ2) is 7.27. The van der Waals surface area contributed by atoms with Crippen LogP contribution in [0.3, 0.4) is 0 Å². The number of ether oxygens (including phenoxy) is 1. The normalized spacial score (nSPS) is 11.1. The van der Waals surface area contributed by atoms with Crippen LogP contribution in [0.1, 0.15) is 12.5 Å². The second-order valence-electron chi connectivity index (χ2n) is 5.15. The number of thiazole rings is 1. The minimum atomic E-state index is -0.0765.